The molecule has 0 unspecified atom stereocenters. The van der Waals surface area contributed by atoms with Crippen LogP contribution in [0.4, 0.5) is 5.69 Å². The number of nitrogens with one attached hydrogen (secondary N) is 1. The number of amides is 2. The predicted octanol–water partition coefficient (Wildman–Crippen LogP) is 5.79. The first-order valence-electron chi connectivity index (χ1n) is 11.3. The largest absolute Gasteiger partial charge is 0.355 e. The van der Waals surface area contributed by atoms with Gasteiger partial charge in [-0.3, -0.25) is 13.9 Å². The van der Waals surface area contributed by atoms with Crippen LogP contribution in [0.2, 0.25) is 20.1 Å². The number of likely N-dealkylation sites (N-methyl/N-ethyl adjacent to an activating group) is 1. The third-order valence-electron chi connectivity index (χ3n) is 5.42. The number of benzene rings is 2. The summed E-state index contributed by atoms with van der Waals surface area (Å²) in [5, 5.41) is 4.15. The van der Waals surface area contributed by atoms with Gasteiger partial charge in [0.05, 0.1) is 17.0 Å². The van der Waals surface area contributed by atoms with Crippen molar-refractivity contribution in [3.63, 3.8) is 0 Å². The third kappa shape index (κ3) is 8.42. The van der Waals surface area contributed by atoms with Crippen LogP contribution in [0.1, 0.15) is 38.7 Å². The van der Waals surface area contributed by atoms with Gasteiger partial charge in [-0.2, -0.15) is 0 Å². The van der Waals surface area contributed by atoms with Gasteiger partial charge in [0.15, 0.2) is 0 Å². The van der Waals surface area contributed by atoms with E-state index in [1.807, 2.05) is 6.92 Å². The fourth-order valence-electron chi connectivity index (χ4n) is 3.70. The summed E-state index contributed by atoms with van der Waals surface area (Å²) in [5.74, 6) is -0.591. The summed E-state index contributed by atoms with van der Waals surface area (Å²) in [7, 11) is -3.70. The summed E-state index contributed by atoms with van der Waals surface area (Å²) in [6, 6.07) is 8.76. The standard InChI is InChI=1S/C24H29Cl4N3O4S/c1-4-21(24(33)29-5-2)30(15-16-8-9-17(25)13-20(16)28)23(32)7-6-12-31(36(3,34)35)22-14-18(26)10-11-19(22)27/h8-11,13-14,21H,4-7,12,15H2,1-3H3,(H,29,33)/t21-/m0/s1. The fraction of sp³-hybridized carbons (Fsp3) is 0.417. The van der Waals surface area contributed by atoms with Gasteiger partial charge in [0, 0.05) is 41.1 Å². The third-order valence-corrected chi connectivity index (χ3v) is 7.74. The highest BCUT2D eigenvalue weighted by atomic mass is 35.5. The van der Waals surface area contributed by atoms with Crippen LogP contribution in [0, 0.1) is 0 Å². The van der Waals surface area contributed by atoms with Crippen molar-refractivity contribution in [2.75, 3.05) is 23.7 Å². The minimum Gasteiger partial charge on any atom is -0.355 e. The molecule has 0 radical (unpaired) electrons. The van der Waals surface area contributed by atoms with Gasteiger partial charge in [-0.15, -0.1) is 0 Å². The lowest BCUT2D eigenvalue weighted by Gasteiger charge is -2.31. The van der Waals surface area contributed by atoms with Gasteiger partial charge < -0.3 is 10.2 Å². The molecule has 0 fully saturated rings. The minimum atomic E-state index is -3.70. The van der Waals surface area contributed by atoms with E-state index in [2.05, 4.69) is 5.32 Å². The lowest BCUT2D eigenvalue weighted by molar-refractivity contribution is -0.141. The molecule has 0 aliphatic carbocycles. The van der Waals surface area contributed by atoms with Gasteiger partial charge in [0.2, 0.25) is 21.8 Å². The maximum atomic E-state index is 13.4. The highest BCUT2D eigenvalue weighted by Crippen LogP contribution is 2.31. The van der Waals surface area contributed by atoms with Crippen LogP contribution >= 0.6 is 46.4 Å². The van der Waals surface area contributed by atoms with Crippen molar-refractivity contribution in [1.29, 1.82) is 0 Å². The molecule has 2 rings (SSSR count). The lowest BCUT2D eigenvalue weighted by atomic mass is 10.1. The Morgan fingerprint density at radius 1 is 0.972 bits per heavy atom. The molecule has 2 amide bonds. The van der Waals surface area contributed by atoms with Crippen LogP contribution in [0.5, 0.6) is 0 Å². The van der Waals surface area contributed by atoms with Crippen LogP contribution in [0.25, 0.3) is 0 Å². The van der Waals surface area contributed by atoms with Gasteiger partial charge in [-0.1, -0.05) is 59.4 Å². The zero-order valence-electron chi connectivity index (χ0n) is 20.2. The number of halogens is 4. The number of rotatable bonds is 12. The van der Waals surface area contributed by atoms with Crippen LogP contribution in [0.15, 0.2) is 36.4 Å². The molecule has 0 heterocycles. The van der Waals surface area contributed by atoms with E-state index in [0.29, 0.717) is 33.6 Å². The lowest BCUT2D eigenvalue weighted by Crippen LogP contribution is -2.49. The molecule has 0 saturated carbocycles. The van der Waals surface area contributed by atoms with Crippen molar-refractivity contribution >= 4 is 73.9 Å². The van der Waals surface area contributed by atoms with E-state index < -0.39 is 16.1 Å². The molecule has 0 bridgehead atoms. The van der Waals surface area contributed by atoms with Crippen molar-refractivity contribution in [3.05, 3.63) is 62.1 Å². The summed E-state index contributed by atoms with van der Waals surface area (Å²) >= 11 is 24.6. The summed E-state index contributed by atoms with van der Waals surface area (Å²) < 4.78 is 26.1. The van der Waals surface area contributed by atoms with Gasteiger partial charge >= 0.3 is 0 Å². The molecule has 7 nitrogen and oxygen atoms in total. The van der Waals surface area contributed by atoms with Gasteiger partial charge in [-0.25, -0.2) is 8.42 Å². The zero-order chi connectivity index (χ0) is 27.0. The molecule has 12 heteroatoms. The van der Waals surface area contributed by atoms with Crippen molar-refractivity contribution in [3.8, 4) is 0 Å². The SMILES string of the molecule is CCNC(=O)[C@H](CC)N(Cc1ccc(Cl)cc1Cl)C(=O)CCCN(c1cc(Cl)ccc1Cl)S(C)(=O)=O. The number of sulfonamides is 1. The average Bonchev–Trinajstić information content (AvgIpc) is 2.79. The van der Waals surface area contributed by atoms with E-state index in [1.54, 1.807) is 31.2 Å². The Morgan fingerprint density at radius 3 is 2.19 bits per heavy atom. The molecule has 1 N–H and O–H groups in total. The summed E-state index contributed by atoms with van der Waals surface area (Å²) in [5.41, 5.74) is 0.873. The maximum Gasteiger partial charge on any atom is 0.242 e. The first-order chi connectivity index (χ1) is 16.9. The number of hydrogen-bond donors (Lipinski definition) is 1. The number of anilines is 1. The molecule has 1 atom stereocenters. The second-order valence-electron chi connectivity index (χ2n) is 8.11. The number of carbonyl (C=O) groups excluding carboxylic acids is 2. The Hall–Kier alpha value is -1.71. The number of carbonyl (C=O) groups is 2. The topological polar surface area (TPSA) is 86.8 Å². The summed E-state index contributed by atoms with van der Waals surface area (Å²) in [4.78, 5) is 27.6. The van der Waals surface area contributed by atoms with Gasteiger partial charge in [-0.05, 0) is 55.7 Å². The quantitative estimate of drug-likeness (QED) is 0.336. The summed E-state index contributed by atoms with van der Waals surface area (Å²) in [6.07, 6.45) is 1.62. The number of nitrogens with zero attached hydrogens (tertiary/aromatic N) is 2. The van der Waals surface area contributed by atoms with Crippen LogP contribution in [-0.4, -0.2) is 50.5 Å². The minimum absolute atomic E-state index is 0.00186. The van der Waals surface area contributed by atoms with Crippen LogP contribution in [-0.2, 0) is 26.2 Å². The van der Waals surface area contributed by atoms with Gasteiger partial charge in [0.25, 0.3) is 0 Å². The van der Waals surface area contributed by atoms with E-state index in [4.69, 9.17) is 46.4 Å². The Bertz CT molecular complexity index is 1190. The molecule has 2 aromatic rings. The molecule has 0 saturated heterocycles. The molecule has 0 aliphatic heterocycles. The second-order valence-corrected chi connectivity index (χ2v) is 11.7. The monoisotopic (exact) mass is 595 g/mol. The van der Waals surface area contributed by atoms with Crippen LogP contribution < -0.4 is 9.62 Å². The van der Waals surface area contributed by atoms with Crippen molar-refractivity contribution in [2.24, 2.45) is 0 Å². The zero-order valence-corrected chi connectivity index (χ0v) is 24.1. The molecule has 0 spiro atoms. The molecular formula is C24H29Cl4N3O4S. The highest BCUT2D eigenvalue weighted by Gasteiger charge is 2.29. The van der Waals surface area contributed by atoms with E-state index in [9.17, 15) is 18.0 Å². The van der Waals surface area contributed by atoms with Gasteiger partial charge in [0.1, 0.15) is 6.04 Å². The Balaban J connectivity index is 2.27. The first-order valence-corrected chi connectivity index (χ1v) is 14.7. The Kier molecular flexibility index (Phi) is 11.6. The van der Waals surface area contributed by atoms with E-state index in [-0.39, 0.29) is 48.5 Å². The Labute approximate surface area is 232 Å². The molecule has 2 aromatic carbocycles. The highest BCUT2D eigenvalue weighted by molar-refractivity contribution is 7.92. The fourth-order valence-corrected chi connectivity index (χ4v) is 5.58. The van der Waals surface area contributed by atoms with Crippen molar-refractivity contribution < 1.29 is 18.0 Å². The second kappa shape index (κ2) is 13.7. The first kappa shape index (κ1) is 30.5. The maximum absolute atomic E-state index is 13.4. The normalized spacial score (nSPS) is 12.2. The van der Waals surface area contributed by atoms with E-state index in [1.165, 1.54) is 17.0 Å². The number of hydrogen-bond acceptors (Lipinski definition) is 4. The van der Waals surface area contributed by atoms with E-state index >= 15 is 0 Å². The average molecular weight is 597 g/mol. The molecule has 198 valence electrons. The van der Waals surface area contributed by atoms with Crippen LogP contribution in [0.3, 0.4) is 0 Å². The van der Waals surface area contributed by atoms with E-state index in [0.717, 1.165) is 10.6 Å². The molecule has 36 heavy (non-hydrogen) atoms. The predicted molar refractivity (Wildman–Crippen MR) is 148 cm³/mol. The van der Waals surface area contributed by atoms with Crippen molar-refractivity contribution in [1.82, 2.24) is 10.2 Å². The summed E-state index contributed by atoms with van der Waals surface area (Å²) in [6.45, 7) is 4.13. The molecular weight excluding hydrogens is 568 g/mol. The smallest absolute Gasteiger partial charge is 0.242 e. The molecule has 0 aliphatic rings. The molecule has 0 aromatic heterocycles. The van der Waals surface area contributed by atoms with Crippen molar-refractivity contribution in [2.45, 2.75) is 45.7 Å². The Morgan fingerprint density at radius 2 is 1.61 bits per heavy atom.